The maximum Gasteiger partial charge on any atom is 0.257 e. The number of rotatable bonds is 3. The van der Waals surface area contributed by atoms with Crippen molar-refractivity contribution < 1.29 is 4.52 Å². The monoisotopic (exact) mass is 306 g/mol. The van der Waals surface area contributed by atoms with Crippen LogP contribution in [0.4, 0.5) is 0 Å². The zero-order valence-corrected chi connectivity index (χ0v) is 12.8. The van der Waals surface area contributed by atoms with Crippen LogP contribution >= 0.6 is 11.6 Å². The molecule has 2 unspecified atom stereocenters. The van der Waals surface area contributed by atoms with Crippen LogP contribution in [-0.2, 0) is 6.54 Å². The van der Waals surface area contributed by atoms with Crippen LogP contribution in [0.25, 0.3) is 11.5 Å². The largest absolute Gasteiger partial charge is 0.334 e. The van der Waals surface area contributed by atoms with E-state index in [4.69, 9.17) is 21.9 Å². The van der Waals surface area contributed by atoms with Crippen molar-refractivity contribution in [1.29, 1.82) is 0 Å². The summed E-state index contributed by atoms with van der Waals surface area (Å²) in [5.74, 6) is 1.24. The smallest absolute Gasteiger partial charge is 0.257 e. The molecule has 112 valence electrons. The number of benzene rings is 1. The first-order chi connectivity index (χ1) is 10.1. The highest BCUT2D eigenvalue weighted by Crippen LogP contribution is 2.22. The van der Waals surface area contributed by atoms with E-state index in [0.717, 1.165) is 24.9 Å². The molecule has 2 N–H and O–H groups in total. The van der Waals surface area contributed by atoms with Crippen molar-refractivity contribution in [3.8, 4) is 11.5 Å². The molecule has 3 rings (SSSR count). The van der Waals surface area contributed by atoms with Crippen LogP contribution in [0.3, 0.4) is 0 Å². The number of halogens is 1. The summed E-state index contributed by atoms with van der Waals surface area (Å²) in [6, 6.07) is 8.14. The van der Waals surface area contributed by atoms with Gasteiger partial charge in [0.2, 0.25) is 0 Å². The molecule has 6 heteroatoms. The predicted molar refractivity (Wildman–Crippen MR) is 81.8 cm³/mol. The highest BCUT2D eigenvalue weighted by molar-refractivity contribution is 6.30. The quantitative estimate of drug-likeness (QED) is 0.944. The van der Waals surface area contributed by atoms with Crippen LogP contribution < -0.4 is 5.73 Å². The van der Waals surface area contributed by atoms with E-state index in [1.807, 2.05) is 24.3 Å². The molecule has 0 radical (unpaired) electrons. The van der Waals surface area contributed by atoms with Gasteiger partial charge in [-0.15, -0.1) is 0 Å². The first-order valence-corrected chi connectivity index (χ1v) is 7.58. The lowest BCUT2D eigenvalue weighted by atomic mass is 9.99. The minimum atomic E-state index is 0.311. The van der Waals surface area contributed by atoms with Crippen molar-refractivity contribution in [2.75, 3.05) is 6.54 Å². The van der Waals surface area contributed by atoms with Gasteiger partial charge >= 0.3 is 0 Å². The van der Waals surface area contributed by atoms with E-state index in [9.17, 15) is 0 Å². The summed E-state index contributed by atoms with van der Waals surface area (Å²) in [7, 11) is 0. The number of nitrogens with zero attached hydrogens (tertiary/aromatic N) is 3. The van der Waals surface area contributed by atoms with E-state index < -0.39 is 0 Å². The molecule has 2 heterocycles. The third kappa shape index (κ3) is 3.43. The van der Waals surface area contributed by atoms with Crippen molar-refractivity contribution >= 4 is 11.6 Å². The van der Waals surface area contributed by atoms with E-state index in [-0.39, 0.29) is 0 Å². The summed E-state index contributed by atoms with van der Waals surface area (Å²) in [5.41, 5.74) is 6.87. The summed E-state index contributed by atoms with van der Waals surface area (Å²) >= 11 is 5.88. The number of aromatic nitrogens is 2. The summed E-state index contributed by atoms with van der Waals surface area (Å²) < 4.78 is 5.33. The number of hydrogen-bond acceptors (Lipinski definition) is 5. The summed E-state index contributed by atoms with van der Waals surface area (Å²) in [6.07, 6.45) is 2.04. The maximum absolute atomic E-state index is 5.99. The molecule has 1 aliphatic heterocycles. The third-order valence-electron chi connectivity index (χ3n) is 3.96. The van der Waals surface area contributed by atoms with Gasteiger partial charge in [-0.25, -0.2) is 0 Å². The molecule has 0 aliphatic carbocycles. The second kappa shape index (κ2) is 6.13. The molecule has 0 spiro atoms. The van der Waals surface area contributed by atoms with Gasteiger partial charge < -0.3 is 10.3 Å². The molecule has 5 nitrogen and oxygen atoms in total. The fraction of sp³-hybridized carbons (Fsp3) is 0.467. The Bertz CT molecular complexity index is 598. The highest BCUT2D eigenvalue weighted by Gasteiger charge is 2.24. The normalized spacial score (nSPS) is 23.4. The lowest BCUT2D eigenvalue weighted by Gasteiger charge is -2.35. The van der Waals surface area contributed by atoms with Crippen LogP contribution in [0.5, 0.6) is 0 Å². The number of hydrogen-bond donors (Lipinski definition) is 1. The van der Waals surface area contributed by atoms with E-state index >= 15 is 0 Å². The van der Waals surface area contributed by atoms with Crippen molar-refractivity contribution in [2.45, 2.75) is 38.4 Å². The molecular weight excluding hydrogens is 288 g/mol. The van der Waals surface area contributed by atoms with Gasteiger partial charge in [0.15, 0.2) is 5.82 Å². The van der Waals surface area contributed by atoms with Gasteiger partial charge in [-0.3, -0.25) is 4.90 Å². The van der Waals surface area contributed by atoms with Crippen LogP contribution in [0.2, 0.25) is 5.02 Å². The molecule has 1 fully saturated rings. The third-order valence-corrected chi connectivity index (χ3v) is 4.21. The zero-order valence-electron chi connectivity index (χ0n) is 12.0. The average molecular weight is 307 g/mol. The molecule has 21 heavy (non-hydrogen) atoms. The Morgan fingerprint density at radius 1 is 1.38 bits per heavy atom. The van der Waals surface area contributed by atoms with Crippen molar-refractivity contribution in [1.82, 2.24) is 15.0 Å². The summed E-state index contributed by atoms with van der Waals surface area (Å²) in [4.78, 5) is 6.81. The molecule has 0 amide bonds. The van der Waals surface area contributed by atoms with Gasteiger partial charge in [0, 0.05) is 29.2 Å². The lowest BCUT2D eigenvalue weighted by molar-refractivity contribution is 0.135. The fourth-order valence-corrected chi connectivity index (χ4v) is 2.83. The number of nitrogens with two attached hydrogens (primary N) is 1. The standard InChI is InChI=1S/C15H19ClN4O/c1-10-8-13(17)6-7-20(10)9-14-18-15(21-19-14)11-2-4-12(16)5-3-11/h2-5,10,13H,6-9,17H2,1H3. The van der Waals surface area contributed by atoms with Crippen molar-refractivity contribution in [2.24, 2.45) is 5.73 Å². The maximum atomic E-state index is 5.99. The first-order valence-electron chi connectivity index (χ1n) is 7.20. The average Bonchev–Trinajstić information content (AvgIpc) is 2.91. The topological polar surface area (TPSA) is 68.2 Å². The lowest BCUT2D eigenvalue weighted by Crippen LogP contribution is -2.45. The Morgan fingerprint density at radius 2 is 2.14 bits per heavy atom. The predicted octanol–water partition coefficient (Wildman–Crippen LogP) is 2.70. The molecule has 1 aromatic carbocycles. The Balaban J connectivity index is 1.69. The Morgan fingerprint density at radius 3 is 2.86 bits per heavy atom. The molecule has 2 aromatic rings. The first kappa shape index (κ1) is 14.5. The van der Waals surface area contributed by atoms with E-state index in [1.54, 1.807) is 0 Å². The molecule has 1 aromatic heterocycles. The Kier molecular flexibility index (Phi) is 4.24. The molecule has 2 atom stereocenters. The number of likely N-dealkylation sites (tertiary alicyclic amines) is 1. The second-order valence-corrected chi connectivity index (χ2v) is 6.06. The minimum Gasteiger partial charge on any atom is -0.334 e. The number of piperidine rings is 1. The van der Waals surface area contributed by atoms with Gasteiger partial charge in [0.25, 0.3) is 5.89 Å². The van der Waals surface area contributed by atoms with Crippen LogP contribution in [0.1, 0.15) is 25.6 Å². The molecular formula is C15H19ClN4O. The summed E-state index contributed by atoms with van der Waals surface area (Å²) in [5, 5.41) is 4.76. The van der Waals surface area contributed by atoms with Gasteiger partial charge in [-0.1, -0.05) is 16.8 Å². The van der Waals surface area contributed by atoms with E-state index in [2.05, 4.69) is 22.0 Å². The van der Waals surface area contributed by atoms with Gasteiger partial charge in [0.1, 0.15) is 0 Å². The second-order valence-electron chi connectivity index (χ2n) is 5.63. The Labute approximate surface area is 129 Å². The molecule has 0 bridgehead atoms. The minimum absolute atomic E-state index is 0.311. The van der Waals surface area contributed by atoms with E-state index in [1.165, 1.54) is 0 Å². The molecule has 0 saturated carbocycles. The Hall–Kier alpha value is -1.43. The van der Waals surface area contributed by atoms with Crippen molar-refractivity contribution in [3.05, 3.63) is 35.1 Å². The SMILES string of the molecule is CC1CC(N)CCN1Cc1noc(-c2ccc(Cl)cc2)n1. The van der Waals surface area contributed by atoms with E-state index in [0.29, 0.717) is 35.4 Å². The highest BCUT2D eigenvalue weighted by atomic mass is 35.5. The van der Waals surface area contributed by atoms with Gasteiger partial charge in [0.05, 0.1) is 6.54 Å². The zero-order chi connectivity index (χ0) is 14.8. The molecule has 1 saturated heterocycles. The van der Waals surface area contributed by atoms with Gasteiger partial charge in [-0.2, -0.15) is 4.98 Å². The van der Waals surface area contributed by atoms with Gasteiger partial charge in [-0.05, 0) is 44.0 Å². The summed E-state index contributed by atoms with van der Waals surface area (Å²) in [6.45, 7) is 3.87. The van der Waals surface area contributed by atoms with Crippen LogP contribution in [0, 0.1) is 0 Å². The van der Waals surface area contributed by atoms with Crippen LogP contribution in [-0.4, -0.2) is 33.7 Å². The fourth-order valence-electron chi connectivity index (χ4n) is 2.70. The van der Waals surface area contributed by atoms with Crippen LogP contribution in [0.15, 0.2) is 28.8 Å². The van der Waals surface area contributed by atoms with Crippen molar-refractivity contribution in [3.63, 3.8) is 0 Å². The molecule has 1 aliphatic rings.